The van der Waals surface area contributed by atoms with Gasteiger partial charge in [-0.25, -0.2) is 4.39 Å². The number of anilines is 1. The summed E-state index contributed by atoms with van der Waals surface area (Å²) >= 11 is 0. The van der Waals surface area contributed by atoms with E-state index in [-0.39, 0.29) is 17.8 Å². The zero-order valence-electron chi connectivity index (χ0n) is 18.2. The number of carbonyl (C=O) groups excluding carboxylic acids is 1. The minimum absolute atomic E-state index is 0.0196. The summed E-state index contributed by atoms with van der Waals surface area (Å²) in [5.41, 5.74) is 2.92. The van der Waals surface area contributed by atoms with E-state index in [2.05, 4.69) is 41.7 Å². The van der Waals surface area contributed by atoms with Crippen LogP contribution in [0.3, 0.4) is 0 Å². The highest BCUT2D eigenvalue weighted by Gasteiger charge is 2.17. The molecule has 4 heteroatoms. The maximum absolute atomic E-state index is 13.7. The smallest absolute Gasteiger partial charge is 0.224 e. The maximum atomic E-state index is 13.7. The molecule has 0 aliphatic carbocycles. The molecule has 0 aromatic heterocycles. The molecule has 4 aromatic carbocycles. The molecule has 1 N–H and O–H groups in total. The number of halogens is 1. The highest BCUT2D eigenvalue weighted by atomic mass is 19.1. The summed E-state index contributed by atoms with van der Waals surface area (Å²) in [7, 11) is 1.92. The van der Waals surface area contributed by atoms with Gasteiger partial charge in [-0.1, -0.05) is 78.9 Å². The third-order valence-corrected chi connectivity index (χ3v) is 5.61. The Morgan fingerprint density at radius 2 is 1.59 bits per heavy atom. The molecule has 1 amide bonds. The number of fused-ring (bicyclic) bond motifs is 1. The van der Waals surface area contributed by atoms with Crippen LogP contribution in [0.5, 0.6) is 0 Å². The van der Waals surface area contributed by atoms with Crippen LogP contribution in [-0.4, -0.2) is 25.5 Å². The summed E-state index contributed by atoms with van der Waals surface area (Å²) in [4.78, 5) is 14.9. The highest BCUT2D eigenvalue weighted by molar-refractivity contribution is 5.85. The van der Waals surface area contributed by atoms with Crippen molar-refractivity contribution >= 4 is 22.4 Å². The zero-order valence-corrected chi connectivity index (χ0v) is 18.2. The van der Waals surface area contributed by atoms with Gasteiger partial charge < -0.3 is 10.2 Å². The Bertz CT molecular complexity index is 1190. The molecule has 162 valence electrons. The first-order valence-corrected chi connectivity index (χ1v) is 10.8. The van der Waals surface area contributed by atoms with E-state index >= 15 is 0 Å². The van der Waals surface area contributed by atoms with E-state index < -0.39 is 0 Å². The van der Waals surface area contributed by atoms with E-state index in [9.17, 15) is 9.18 Å². The van der Waals surface area contributed by atoms with Crippen LogP contribution in [-0.2, 0) is 17.6 Å². The number of nitrogens with zero attached hydrogens (tertiary/aromatic N) is 1. The Morgan fingerprint density at radius 3 is 2.38 bits per heavy atom. The summed E-state index contributed by atoms with van der Waals surface area (Å²) in [5.74, 6) is -0.289. The van der Waals surface area contributed by atoms with Crippen molar-refractivity contribution in [2.75, 3.05) is 18.5 Å². The Labute approximate surface area is 188 Å². The van der Waals surface area contributed by atoms with Crippen LogP contribution < -0.4 is 10.2 Å². The Balaban J connectivity index is 1.47. The number of carbonyl (C=O) groups is 1. The number of rotatable bonds is 8. The van der Waals surface area contributed by atoms with Crippen LogP contribution in [0.1, 0.15) is 11.1 Å². The summed E-state index contributed by atoms with van der Waals surface area (Å²) in [6.45, 7) is 0.571. The van der Waals surface area contributed by atoms with Crippen molar-refractivity contribution in [1.29, 1.82) is 0 Å². The van der Waals surface area contributed by atoms with Crippen molar-refractivity contribution in [2.45, 2.75) is 18.9 Å². The number of likely N-dealkylation sites (N-methyl/N-ethyl adjacent to an activating group) is 1. The number of hydrogen-bond acceptors (Lipinski definition) is 2. The fourth-order valence-electron chi connectivity index (χ4n) is 4.02. The predicted molar refractivity (Wildman–Crippen MR) is 129 cm³/mol. The zero-order chi connectivity index (χ0) is 22.3. The summed E-state index contributed by atoms with van der Waals surface area (Å²) in [6, 6.07) is 30.8. The van der Waals surface area contributed by atoms with Crippen LogP contribution >= 0.6 is 0 Å². The van der Waals surface area contributed by atoms with Crippen LogP contribution in [0.4, 0.5) is 10.1 Å². The molecule has 0 fully saturated rings. The van der Waals surface area contributed by atoms with Crippen LogP contribution in [0, 0.1) is 5.82 Å². The van der Waals surface area contributed by atoms with E-state index in [0.29, 0.717) is 19.4 Å². The monoisotopic (exact) mass is 426 g/mol. The average molecular weight is 427 g/mol. The van der Waals surface area contributed by atoms with Crippen molar-refractivity contribution in [1.82, 2.24) is 5.32 Å². The fourth-order valence-corrected chi connectivity index (χ4v) is 4.02. The molecular weight excluding hydrogens is 399 g/mol. The standard InChI is InChI=1S/C28H27FN2O/c1-31(27-13-7-12-25(29)19-27)20-26(17-21-8-3-2-4-9-21)30-28(32)18-22-14-15-23-10-5-6-11-24(23)16-22/h2-16,19,26H,17-18,20H2,1H3,(H,30,32)/t26-/m0/s1. The average Bonchev–Trinajstić information content (AvgIpc) is 2.79. The van der Waals surface area contributed by atoms with Gasteiger partial charge in [0.25, 0.3) is 0 Å². The third kappa shape index (κ3) is 5.73. The van der Waals surface area contributed by atoms with E-state index in [0.717, 1.165) is 27.6 Å². The fraction of sp³-hybridized carbons (Fsp3) is 0.179. The first-order chi connectivity index (χ1) is 15.6. The van der Waals surface area contributed by atoms with Crippen molar-refractivity contribution in [2.24, 2.45) is 0 Å². The van der Waals surface area contributed by atoms with Gasteiger partial charge in [0, 0.05) is 19.3 Å². The second-order valence-corrected chi connectivity index (χ2v) is 8.17. The molecule has 1 atom stereocenters. The number of benzene rings is 4. The largest absolute Gasteiger partial charge is 0.372 e. The Hall–Kier alpha value is -3.66. The second-order valence-electron chi connectivity index (χ2n) is 8.17. The minimum Gasteiger partial charge on any atom is -0.372 e. The number of hydrogen-bond donors (Lipinski definition) is 1. The molecular formula is C28H27FN2O. The lowest BCUT2D eigenvalue weighted by Crippen LogP contribution is -2.44. The maximum Gasteiger partial charge on any atom is 0.224 e. The van der Waals surface area contributed by atoms with Crippen molar-refractivity contribution in [3.63, 3.8) is 0 Å². The second kappa shape index (κ2) is 10.1. The molecule has 3 nitrogen and oxygen atoms in total. The van der Waals surface area contributed by atoms with Gasteiger partial charge in [-0.15, -0.1) is 0 Å². The summed E-state index contributed by atoms with van der Waals surface area (Å²) in [5, 5.41) is 5.49. The highest BCUT2D eigenvalue weighted by Crippen LogP contribution is 2.17. The Morgan fingerprint density at radius 1 is 0.844 bits per heavy atom. The van der Waals surface area contributed by atoms with Gasteiger partial charge >= 0.3 is 0 Å². The molecule has 4 rings (SSSR count). The molecule has 0 spiro atoms. The summed E-state index contributed by atoms with van der Waals surface area (Å²) < 4.78 is 13.7. The van der Waals surface area contributed by atoms with Crippen LogP contribution in [0.25, 0.3) is 10.8 Å². The lowest BCUT2D eigenvalue weighted by molar-refractivity contribution is -0.121. The summed E-state index contributed by atoms with van der Waals surface area (Å²) in [6.07, 6.45) is 1.02. The lowest BCUT2D eigenvalue weighted by Gasteiger charge is -2.27. The van der Waals surface area contributed by atoms with E-state index in [4.69, 9.17) is 0 Å². The van der Waals surface area contributed by atoms with E-state index in [1.807, 2.05) is 54.4 Å². The van der Waals surface area contributed by atoms with E-state index in [1.165, 1.54) is 12.1 Å². The molecule has 0 heterocycles. The molecule has 0 aliphatic rings. The van der Waals surface area contributed by atoms with Gasteiger partial charge in [0.1, 0.15) is 5.82 Å². The van der Waals surface area contributed by atoms with Gasteiger partial charge in [-0.3, -0.25) is 4.79 Å². The predicted octanol–water partition coefficient (Wildman–Crippen LogP) is 5.39. The number of amides is 1. The van der Waals surface area contributed by atoms with Gasteiger partial charge in [-0.2, -0.15) is 0 Å². The van der Waals surface area contributed by atoms with Gasteiger partial charge in [0.15, 0.2) is 0 Å². The first-order valence-electron chi connectivity index (χ1n) is 10.8. The molecule has 0 saturated heterocycles. The molecule has 4 aromatic rings. The third-order valence-electron chi connectivity index (χ3n) is 5.61. The quantitative estimate of drug-likeness (QED) is 0.410. The van der Waals surface area contributed by atoms with Crippen LogP contribution in [0.15, 0.2) is 97.1 Å². The van der Waals surface area contributed by atoms with Gasteiger partial charge in [0.2, 0.25) is 5.91 Å². The topological polar surface area (TPSA) is 32.3 Å². The number of nitrogens with one attached hydrogen (secondary N) is 1. The van der Waals surface area contributed by atoms with Crippen molar-refractivity contribution in [3.05, 3.63) is 114 Å². The van der Waals surface area contributed by atoms with Crippen LogP contribution in [0.2, 0.25) is 0 Å². The molecule has 0 bridgehead atoms. The van der Waals surface area contributed by atoms with Crippen molar-refractivity contribution in [3.8, 4) is 0 Å². The van der Waals surface area contributed by atoms with E-state index in [1.54, 1.807) is 6.07 Å². The molecule has 32 heavy (non-hydrogen) atoms. The Kier molecular flexibility index (Phi) is 6.81. The van der Waals surface area contributed by atoms with Crippen molar-refractivity contribution < 1.29 is 9.18 Å². The molecule has 0 radical (unpaired) electrons. The molecule has 0 aliphatic heterocycles. The first kappa shape index (κ1) is 21.6. The lowest BCUT2D eigenvalue weighted by atomic mass is 10.0. The SMILES string of the molecule is CN(C[C@H](Cc1ccccc1)NC(=O)Cc1ccc2ccccc2c1)c1cccc(F)c1. The molecule has 0 saturated carbocycles. The molecule has 0 unspecified atom stereocenters. The van der Waals surface area contributed by atoms with Gasteiger partial charge in [-0.05, 0) is 46.5 Å². The minimum atomic E-state index is -0.269. The van der Waals surface area contributed by atoms with Gasteiger partial charge in [0.05, 0.1) is 12.5 Å². The normalized spacial score (nSPS) is 11.8.